The Kier molecular flexibility index (Phi) is 7.49. The summed E-state index contributed by atoms with van der Waals surface area (Å²) < 4.78 is 10.9. The number of amides is 2. The molecule has 0 aliphatic rings. The first-order chi connectivity index (χ1) is 12.5. The van der Waals surface area contributed by atoms with Crippen molar-refractivity contribution >= 4 is 11.8 Å². The second-order valence-electron chi connectivity index (χ2n) is 5.85. The molecule has 2 N–H and O–H groups in total. The molecule has 2 aromatic carbocycles. The molecule has 0 unspecified atom stereocenters. The second-order valence-corrected chi connectivity index (χ2v) is 5.85. The first kappa shape index (κ1) is 19.3. The summed E-state index contributed by atoms with van der Waals surface area (Å²) in [5.74, 6) is 0.782. The van der Waals surface area contributed by atoms with Crippen LogP contribution in [-0.4, -0.2) is 38.1 Å². The minimum atomic E-state index is -0.351. The van der Waals surface area contributed by atoms with Crippen molar-refractivity contribution in [1.29, 1.82) is 0 Å². The third-order valence-corrected chi connectivity index (χ3v) is 3.57. The van der Waals surface area contributed by atoms with Gasteiger partial charge in [-0.2, -0.15) is 0 Å². The van der Waals surface area contributed by atoms with Crippen molar-refractivity contribution in [3.05, 3.63) is 59.7 Å². The van der Waals surface area contributed by atoms with Gasteiger partial charge in [0.15, 0.2) is 6.61 Å². The normalized spacial score (nSPS) is 10.1. The highest BCUT2D eigenvalue weighted by molar-refractivity contribution is 5.85. The van der Waals surface area contributed by atoms with Crippen LogP contribution < -0.4 is 20.1 Å². The zero-order chi connectivity index (χ0) is 18.8. The van der Waals surface area contributed by atoms with Gasteiger partial charge in [-0.1, -0.05) is 35.9 Å². The van der Waals surface area contributed by atoms with E-state index in [1.807, 2.05) is 50.2 Å². The number of benzene rings is 2. The number of hydrogen-bond acceptors (Lipinski definition) is 4. The van der Waals surface area contributed by atoms with Crippen molar-refractivity contribution in [3.8, 4) is 11.5 Å². The highest BCUT2D eigenvalue weighted by Crippen LogP contribution is 2.18. The fourth-order valence-electron chi connectivity index (χ4n) is 2.27. The second kappa shape index (κ2) is 10.1. The third kappa shape index (κ3) is 6.84. The van der Waals surface area contributed by atoms with E-state index in [2.05, 4.69) is 10.6 Å². The van der Waals surface area contributed by atoms with E-state index in [9.17, 15) is 9.59 Å². The molecule has 0 aliphatic carbocycles. The van der Waals surface area contributed by atoms with Gasteiger partial charge in [0.2, 0.25) is 5.91 Å². The van der Waals surface area contributed by atoms with Gasteiger partial charge in [0.25, 0.3) is 5.91 Å². The Balaban J connectivity index is 1.57. The van der Waals surface area contributed by atoms with Crippen molar-refractivity contribution < 1.29 is 19.1 Å². The average Bonchev–Trinajstić information content (AvgIpc) is 2.64. The molecule has 0 aliphatic heterocycles. The summed E-state index contributed by atoms with van der Waals surface area (Å²) in [5, 5.41) is 5.20. The SMILES string of the molecule is Cc1ccc(OCCNC(=O)CNC(=O)COc2ccccc2)c(C)c1. The fourth-order valence-corrected chi connectivity index (χ4v) is 2.27. The van der Waals surface area contributed by atoms with Crippen LogP contribution in [0.2, 0.25) is 0 Å². The van der Waals surface area contributed by atoms with Crippen molar-refractivity contribution in [2.75, 3.05) is 26.3 Å². The van der Waals surface area contributed by atoms with Crippen LogP contribution in [0.25, 0.3) is 0 Å². The molecule has 0 saturated carbocycles. The molecule has 0 aromatic heterocycles. The standard InChI is InChI=1S/C20H24N2O4/c1-15-8-9-18(16(2)12-15)25-11-10-21-19(23)13-22-20(24)14-26-17-6-4-3-5-7-17/h3-9,12H,10-11,13-14H2,1-2H3,(H,21,23)(H,22,24). The van der Waals surface area contributed by atoms with E-state index in [-0.39, 0.29) is 25.0 Å². The van der Waals surface area contributed by atoms with Crippen LogP contribution in [0.5, 0.6) is 11.5 Å². The van der Waals surface area contributed by atoms with Crippen LogP contribution in [0, 0.1) is 13.8 Å². The molecule has 6 heteroatoms. The molecule has 0 heterocycles. The Hall–Kier alpha value is -3.02. The molecule has 6 nitrogen and oxygen atoms in total. The molecule has 2 rings (SSSR count). The lowest BCUT2D eigenvalue weighted by Crippen LogP contribution is -2.40. The molecule has 0 saturated heterocycles. The minimum Gasteiger partial charge on any atom is -0.491 e. The molecule has 0 spiro atoms. The smallest absolute Gasteiger partial charge is 0.258 e. The first-order valence-corrected chi connectivity index (χ1v) is 8.46. The monoisotopic (exact) mass is 356 g/mol. The van der Waals surface area contributed by atoms with E-state index in [1.165, 1.54) is 5.56 Å². The lowest BCUT2D eigenvalue weighted by Gasteiger charge is -2.11. The largest absolute Gasteiger partial charge is 0.491 e. The third-order valence-electron chi connectivity index (χ3n) is 3.57. The van der Waals surface area contributed by atoms with Gasteiger partial charge < -0.3 is 20.1 Å². The first-order valence-electron chi connectivity index (χ1n) is 8.46. The summed E-state index contributed by atoms with van der Waals surface area (Å²) in [5.41, 5.74) is 2.23. The fraction of sp³-hybridized carbons (Fsp3) is 0.300. The number of rotatable bonds is 9. The van der Waals surface area contributed by atoms with Crippen LogP contribution in [0.3, 0.4) is 0 Å². The van der Waals surface area contributed by atoms with Gasteiger partial charge in [-0.05, 0) is 37.6 Å². The Bertz CT molecular complexity index is 732. The predicted molar refractivity (Wildman–Crippen MR) is 99.4 cm³/mol. The zero-order valence-electron chi connectivity index (χ0n) is 15.1. The maximum Gasteiger partial charge on any atom is 0.258 e. The Morgan fingerprint density at radius 1 is 0.923 bits per heavy atom. The van der Waals surface area contributed by atoms with E-state index >= 15 is 0 Å². The van der Waals surface area contributed by atoms with Crippen LogP contribution in [0.1, 0.15) is 11.1 Å². The summed E-state index contributed by atoms with van der Waals surface area (Å²) in [4.78, 5) is 23.4. The maximum absolute atomic E-state index is 11.7. The van der Waals surface area contributed by atoms with Gasteiger partial charge >= 0.3 is 0 Å². The maximum atomic E-state index is 11.7. The molecule has 2 aromatic rings. The summed E-state index contributed by atoms with van der Waals surface area (Å²) in [6.07, 6.45) is 0. The summed E-state index contributed by atoms with van der Waals surface area (Å²) >= 11 is 0. The van der Waals surface area contributed by atoms with E-state index in [0.717, 1.165) is 11.3 Å². The number of carbonyl (C=O) groups is 2. The minimum absolute atomic E-state index is 0.0967. The van der Waals surface area contributed by atoms with Gasteiger partial charge in [-0.15, -0.1) is 0 Å². The van der Waals surface area contributed by atoms with Crippen molar-refractivity contribution in [2.24, 2.45) is 0 Å². The van der Waals surface area contributed by atoms with E-state index < -0.39 is 0 Å². The molecular formula is C20H24N2O4. The Morgan fingerprint density at radius 3 is 2.42 bits per heavy atom. The molecule has 0 bridgehead atoms. The van der Waals surface area contributed by atoms with Crippen LogP contribution in [0.4, 0.5) is 0 Å². The van der Waals surface area contributed by atoms with Crippen molar-refractivity contribution in [2.45, 2.75) is 13.8 Å². The Labute approximate surface area is 153 Å². The number of ether oxygens (including phenoxy) is 2. The number of hydrogen-bond donors (Lipinski definition) is 2. The lowest BCUT2D eigenvalue weighted by molar-refractivity contribution is -0.127. The topological polar surface area (TPSA) is 76.7 Å². The summed E-state index contributed by atoms with van der Waals surface area (Å²) in [7, 11) is 0. The van der Waals surface area contributed by atoms with Crippen LogP contribution in [-0.2, 0) is 9.59 Å². The van der Waals surface area contributed by atoms with Gasteiger partial charge in [-0.3, -0.25) is 9.59 Å². The number of aryl methyl sites for hydroxylation is 2. The summed E-state index contributed by atoms with van der Waals surface area (Å²) in [6.45, 7) is 4.50. The molecule has 0 fully saturated rings. The highest BCUT2D eigenvalue weighted by Gasteiger charge is 2.06. The molecule has 0 radical (unpaired) electrons. The van der Waals surface area contributed by atoms with Crippen LogP contribution >= 0.6 is 0 Å². The van der Waals surface area contributed by atoms with E-state index in [0.29, 0.717) is 18.9 Å². The van der Waals surface area contributed by atoms with Crippen molar-refractivity contribution in [3.63, 3.8) is 0 Å². The lowest BCUT2D eigenvalue weighted by atomic mass is 10.1. The zero-order valence-corrected chi connectivity index (χ0v) is 15.1. The van der Waals surface area contributed by atoms with Gasteiger partial charge in [0, 0.05) is 0 Å². The summed E-state index contributed by atoms with van der Waals surface area (Å²) in [6, 6.07) is 15.0. The average molecular weight is 356 g/mol. The van der Waals surface area contributed by atoms with Gasteiger partial charge in [0.05, 0.1) is 13.1 Å². The number of para-hydroxylation sites is 1. The Morgan fingerprint density at radius 2 is 1.69 bits per heavy atom. The highest BCUT2D eigenvalue weighted by atomic mass is 16.5. The van der Waals surface area contributed by atoms with E-state index in [4.69, 9.17) is 9.47 Å². The van der Waals surface area contributed by atoms with Crippen LogP contribution in [0.15, 0.2) is 48.5 Å². The predicted octanol–water partition coefficient (Wildman–Crippen LogP) is 1.99. The quantitative estimate of drug-likeness (QED) is 0.674. The number of nitrogens with one attached hydrogen (secondary N) is 2. The van der Waals surface area contributed by atoms with Crippen molar-refractivity contribution in [1.82, 2.24) is 10.6 Å². The molecule has 138 valence electrons. The van der Waals surface area contributed by atoms with Gasteiger partial charge in [0.1, 0.15) is 18.1 Å². The van der Waals surface area contributed by atoms with E-state index in [1.54, 1.807) is 12.1 Å². The molecule has 26 heavy (non-hydrogen) atoms. The molecular weight excluding hydrogens is 332 g/mol. The van der Waals surface area contributed by atoms with Gasteiger partial charge in [-0.25, -0.2) is 0 Å². The molecule has 0 atom stereocenters. The number of carbonyl (C=O) groups excluding carboxylic acids is 2. The molecule has 2 amide bonds.